The normalized spacial score (nSPS) is 17.4. The summed E-state index contributed by atoms with van der Waals surface area (Å²) in [5, 5.41) is 2.97. The number of anilines is 2. The van der Waals surface area contributed by atoms with E-state index in [1.807, 2.05) is 61.5 Å². The molecule has 3 aromatic rings. The number of esters is 1. The van der Waals surface area contributed by atoms with Crippen molar-refractivity contribution in [2.75, 3.05) is 30.5 Å². The van der Waals surface area contributed by atoms with Gasteiger partial charge in [0.05, 0.1) is 19.3 Å². The van der Waals surface area contributed by atoms with E-state index in [-0.39, 0.29) is 24.7 Å². The molecule has 5 rings (SSSR count). The van der Waals surface area contributed by atoms with Gasteiger partial charge in [-0.2, -0.15) is 0 Å². The van der Waals surface area contributed by atoms with Crippen molar-refractivity contribution in [1.29, 1.82) is 0 Å². The topological polar surface area (TPSA) is 90.0 Å². The number of nitrogens with zero attached hydrogens (tertiary/aromatic N) is 2. The summed E-state index contributed by atoms with van der Waals surface area (Å²) in [6.07, 6.45) is 3.94. The van der Waals surface area contributed by atoms with Gasteiger partial charge in [-0.3, -0.25) is 9.69 Å². The van der Waals surface area contributed by atoms with Crippen LogP contribution in [-0.4, -0.2) is 43.3 Å². The van der Waals surface area contributed by atoms with Crippen LogP contribution >= 0.6 is 0 Å². The van der Waals surface area contributed by atoms with Crippen LogP contribution in [0.1, 0.15) is 26.2 Å². The highest BCUT2D eigenvalue weighted by Gasteiger charge is 2.52. The van der Waals surface area contributed by atoms with Gasteiger partial charge in [-0.05, 0) is 55.2 Å². The Kier molecular flexibility index (Phi) is 6.50. The molecule has 1 unspecified atom stereocenters. The van der Waals surface area contributed by atoms with Gasteiger partial charge in [-0.1, -0.05) is 31.2 Å². The highest BCUT2D eigenvalue weighted by atomic mass is 16.5. The highest BCUT2D eigenvalue weighted by molar-refractivity contribution is 6.03. The summed E-state index contributed by atoms with van der Waals surface area (Å²) in [5.41, 5.74) is 2.75. The predicted octanol–water partition coefficient (Wildman–Crippen LogP) is 5.29. The Morgan fingerprint density at radius 3 is 2.56 bits per heavy atom. The molecule has 1 aliphatic heterocycles. The van der Waals surface area contributed by atoms with Gasteiger partial charge < -0.3 is 19.5 Å². The van der Waals surface area contributed by atoms with Crippen molar-refractivity contribution in [2.24, 2.45) is 5.41 Å². The molecule has 2 aliphatic rings. The third kappa shape index (κ3) is 4.84. The number of fused-ring (bicyclic) bond motifs is 1. The van der Waals surface area contributed by atoms with Crippen molar-refractivity contribution < 1.29 is 23.8 Å². The average molecular weight is 488 g/mol. The van der Waals surface area contributed by atoms with E-state index in [4.69, 9.17) is 14.2 Å². The molecule has 2 heterocycles. The lowest BCUT2D eigenvalue weighted by Crippen LogP contribution is -2.45. The minimum Gasteiger partial charge on any atom is -0.486 e. The summed E-state index contributed by atoms with van der Waals surface area (Å²) in [4.78, 5) is 31.1. The van der Waals surface area contributed by atoms with Gasteiger partial charge in [0.1, 0.15) is 23.9 Å². The van der Waals surface area contributed by atoms with E-state index in [0.717, 1.165) is 41.8 Å². The maximum Gasteiger partial charge on any atom is 0.326 e. The molecule has 0 radical (unpaired) electrons. The largest absolute Gasteiger partial charge is 0.486 e. The van der Waals surface area contributed by atoms with E-state index in [0.29, 0.717) is 18.2 Å². The molecule has 2 amide bonds. The third-order valence-electron chi connectivity index (χ3n) is 6.69. The van der Waals surface area contributed by atoms with Crippen LogP contribution in [-0.2, 0) is 9.53 Å². The number of amides is 2. The predicted molar refractivity (Wildman–Crippen MR) is 136 cm³/mol. The third-order valence-corrected chi connectivity index (χ3v) is 6.69. The fourth-order valence-electron chi connectivity index (χ4n) is 4.27. The van der Waals surface area contributed by atoms with Crippen LogP contribution in [0.25, 0.3) is 11.1 Å². The van der Waals surface area contributed by atoms with Gasteiger partial charge in [0.15, 0.2) is 0 Å². The zero-order valence-electron chi connectivity index (χ0n) is 20.4. The molecule has 0 spiro atoms. The minimum absolute atomic E-state index is 0.104. The van der Waals surface area contributed by atoms with E-state index in [2.05, 4.69) is 10.3 Å². The molecule has 0 saturated heterocycles. The van der Waals surface area contributed by atoms with E-state index in [9.17, 15) is 9.59 Å². The van der Waals surface area contributed by atoms with Gasteiger partial charge in [0.2, 0.25) is 5.88 Å². The molecular formula is C28H29N3O5. The second-order valence-corrected chi connectivity index (χ2v) is 9.18. The Morgan fingerprint density at radius 2 is 1.89 bits per heavy atom. The van der Waals surface area contributed by atoms with E-state index in [1.54, 1.807) is 17.2 Å². The van der Waals surface area contributed by atoms with Crippen molar-refractivity contribution >= 4 is 23.4 Å². The van der Waals surface area contributed by atoms with Crippen molar-refractivity contribution in [3.63, 3.8) is 0 Å². The number of carbonyl (C=O) groups is 2. The number of rotatable bonds is 7. The summed E-state index contributed by atoms with van der Waals surface area (Å²) >= 11 is 0. The Balaban J connectivity index is 1.32. The first kappa shape index (κ1) is 23.7. The number of para-hydroxylation sites is 1. The fourth-order valence-corrected chi connectivity index (χ4v) is 4.27. The molecule has 36 heavy (non-hydrogen) atoms. The number of aromatic nitrogens is 1. The lowest BCUT2D eigenvalue weighted by Gasteiger charge is -2.34. The van der Waals surface area contributed by atoms with Crippen molar-refractivity contribution in [1.82, 2.24) is 4.98 Å². The summed E-state index contributed by atoms with van der Waals surface area (Å²) in [7, 11) is 1.40. The SMILES string of the molecule is CCC1CN(C(=O)Nc2ccccc2)c2ccc(-c3ccc(OCC4(C(=O)OC)CC4)nc3)cc2O1. The standard InChI is InChI=1S/C28H29N3O5/c1-3-22-17-31(27(33)30-21-7-5-4-6-8-21)23-11-9-19(15-24(23)36-22)20-10-12-25(29-16-20)35-18-28(13-14-28)26(32)34-2/h4-12,15-16,22H,3,13-14,17-18H2,1-2H3,(H,30,33). The molecule has 1 aliphatic carbocycles. The Hall–Kier alpha value is -4.07. The number of benzene rings is 2. The van der Waals surface area contributed by atoms with Crippen molar-refractivity contribution in [2.45, 2.75) is 32.3 Å². The Morgan fingerprint density at radius 1 is 1.11 bits per heavy atom. The van der Waals surface area contributed by atoms with E-state index >= 15 is 0 Å². The summed E-state index contributed by atoms with van der Waals surface area (Å²) in [5.74, 6) is 0.880. The van der Waals surface area contributed by atoms with E-state index < -0.39 is 5.41 Å². The molecule has 1 aromatic heterocycles. The lowest BCUT2D eigenvalue weighted by atomic mass is 10.0. The quantitative estimate of drug-likeness (QED) is 0.456. The monoisotopic (exact) mass is 487 g/mol. The highest BCUT2D eigenvalue weighted by Crippen LogP contribution is 2.47. The number of ether oxygens (including phenoxy) is 3. The number of nitrogens with one attached hydrogen (secondary N) is 1. The lowest BCUT2D eigenvalue weighted by molar-refractivity contribution is -0.148. The van der Waals surface area contributed by atoms with Crippen LogP contribution in [0.15, 0.2) is 66.9 Å². The van der Waals surface area contributed by atoms with Gasteiger partial charge in [0, 0.05) is 23.5 Å². The van der Waals surface area contributed by atoms with Gasteiger partial charge in [-0.25, -0.2) is 9.78 Å². The molecule has 8 nitrogen and oxygen atoms in total. The Labute approximate surface area is 210 Å². The second-order valence-electron chi connectivity index (χ2n) is 9.18. The summed E-state index contributed by atoms with van der Waals surface area (Å²) < 4.78 is 16.8. The van der Waals surface area contributed by atoms with Crippen LogP contribution in [0.5, 0.6) is 11.6 Å². The van der Waals surface area contributed by atoms with Gasteiger partial charge in [0.25, 0.3) is 0 Å². The number of methoxy groups -OCH3 is 1. The van der Waals surface area contributed by atoms with Crippen LogP contribution in [0.2, 0.25) is 0 Å². The first-order valence-electron chi connectivity index (χ1n) is 12.1. The molecule has 1 N–H and O–H groups in total. The fraction of sp³-hybridized carbons (Fsp3) is 0.321. The van der Waals surface area contributed by atoms with Crippen molar-refractivity contribution in [3.8, 4) is 22.8 Å². The van der Waals surface area contributed by atoms with Crippen LogP contribution in [0.4, 0.5) is 16.2 Å². The van der Waals surface area contributed by atoms with Gasteiger partial charge >= 0.3 is 12.0 Å². The molecule has 8 heteroatoms. The molecule has 1 fully saturated rings. The summed E-state index contributed by atoms with van der Waals surface area (Å²) in [6.45, 7) is 2.78. The maximum atomic E-state index is 13.1. The van der Waals surface area contributed by atoms with E-state index in [1.165, 1.54) is 7.11 Å². The molecule has 2 aromatic carbocycles. The zero-order chi connectivity index (χ0) is 25.1. The minimum atomic E-state index is -0.528. The number of hydrogen-bond donors (Lipinski definition) is 1. The van der Waals surface area contributed by atoms with Crippen LogP contribution in [0.3, 0.4) is 0 Å². The number of carbonyl (C=O) groups excluding carboxylic acids is 2. The smallest absolute Gasteiger partial charge is 0.326 e. The number of pyridine rings is 1. The number of urea groups is 1. The maximum absolute atomic E-state index is 13.1. The molecular weight excluding hydrogens is 458 g/mol. The Bertz CT molecular complexity index is 1240. The second kappa shape index (κ2) is 9.89. The molecule has 0 bridgehead atoms. The van der Waals surface area contributed by atoms with Crippen LogP contribution in [0, 0.1) is 5.41 Å². The molecule has 186 valence electrons. The zero-order valence-corrected chi connectivity index (χ0v) is 20.4. The number of hydrogen-bond acceptors (Lipinski definition) is 6. The average Bonchev–Trinajstić information content (AvgIpc) is 3.72. The van der Waals surface area contributed by atoms with Crippen molar-refractivity contribution in [3.05, 3.63) is 66.9 Å². The van der Waals surface area contributed by atoms with Crippen LogP contribution < -0.4 is 19.7 Å². The first-order chi connectivity index (χ1) is 17.5. The summed E-state index contributed by atoms with van der Waals surface area (Å²) in [6, 6.07) is 18.7. The molecule has 1 atom stereocenters. The first-order valence-corrected chi connectivity index (χ1v) is 12.1. The van der Waals surface area contributed by atoms with Gasteiger partial charge in [-0.15, -0.1) is 0 Å². The molecule has 1 saturated carbocycles.